The van der Waals surface area contributed by atoms with Gasteiger partial charge >= 0.3 is 0 Å². The van der Waals surface area contributed by atoms with E-state index in [0.717, 1.165) is 23.8 Å². The summed E-state index contributed by atoms with van der Waals surface area (Å²) in [6.45, 7) is 1.07. The molecule has 0 amide bonds. The van der Waals surface area contributed by atoms with E-state index < -0.39 is 15.6 Å². The molecule has 184 valence electrons. The zero-order valence-corrected chi connectivity index (χ0v) is 20.8. The Morgan fingerprint density at radius 2 is 1.64 bits per heavy atom. The highest BCUT2D eigenvalue weighted by Crippen LogP contribution is 2.27. The Morgan fingerprint density at radius 1 is 0.944 bits per heavy atom. The molecule has 0 unspecified atom stereocenters. The number of piperidine rings is 1. The Bertz CT molecular complexity index is 1610. The van der Waals surface area contributed by atoms with Crippen molar-refractivity contribution in [2.24, 2.45) is 4.99 Å². The van der Waals surface area contributed by atoms with Crippen molar-refractivity contribution in [3.05, 3.63) is 87.8 Å². The number of fused-ring (bicyclic) bond motifs is 1. The van der Waals surface area contributed by atoms with Gasteiger partial charge in [-0.05, 0) is 55.3 Å². The fraction of sp³-hybridized carbons (Fsp3) is 0.192. The average Bonchev–Trinajstić information content (AvgIpc) is 2.90. The van der Waals surface area contributed by atoms with Crippen LogP contribution in [0.4, 0.5) is 5.69 Å². The van der Waals surface area contributed by atoms with Gasteiger partial charge in [0.1, 0.15) is 5.82 Å². The number of halogens is 1. The van der Waals surface area contributed by atoms with Crippen molar-refractivity contribution in [1.82, 2.24) is 13.9 Å². The number of benzene rings is 2. The lowest BCUT2D eigenvalue weighted by Gasteiger charge is -2.25. The average molecular weight is 523 g/mol. The van der Waals surface area contributed by atoms with Crippen LogP contribution in [0.2, 0.25) is 5.02 Å². The molecule has 5 rings (SSSR count). The molecule has 1 N–H and O–H groups in total. The molecule has 4 aromatic rings. The molecule has 8 nitrogen and oxygen atoms in total. The van der Waals surface area contributed by atoms with Crippen molar-refractivity contribution in [1.29, 1.82) is 0 Å². The molecule has 0 spiro atoms. The normalized spacial score (nSPS) is 15.0. The van der Waals surface area contributed by atoms with Gasteiger partial charge in [0.25, 0.3) is 5.56 Å². The molecule has 1 fully saturated rings. The SMILES string of the molecule is O=c1c2ccccc2c(C=Nc2ccc(S(=O)(=O)N3CCCCC3)cc2)c(O)n1-c1ccc(Cl)cn1. The van der Waals surface area contributed by atoms with E-state index in [0.29, 0.717) is 40.1 Å². The first-order chi connectivity index (χ1) is 17.4. The van der Waals surface area contributed by atoms with E-state index >= 15 is 0 Å². The summed E-state index contributed by atoms with van der Waals surface area (Å²) in [6.07, 6.45) is 5.63. The van der Waals surface area contributed by atoms with Crippen LogP contribution in [-0.4, -0.2) is 46.7 Å². The summed E-state index contributed by atoms with van der Waals surface area (Å²) >= 11 is 5.93. The van der Waals surface area contributed by atoms with Crippen LogP contribution in [0, 0.1) is 0 Å². The molecule has 3 heterocycles. The second-order valence-electron chi connectivity index (χ2n) is 8.47. The van der Waals surface area contributed by atoms with Gasteiger partial charge in [0.05, 0.1) is 21.2 Å². The van der Waals surface area contributed by atoms with E-state index in [-0.39, 0.29) is 16.6 Å². The highest BCUT2D eigenvalue weighted by Gasteiger charge is 2.25. The van der Waals surface area contributed by atoms with E-state index in [4.69, 9.17) is 11.6 Å². The number of hydrogen-bond acceptors (Lipinski definition) is 6. The fourth-order valence-corrected chi connectivity index (χ4v) is 5.93. The van der Waals surface area contributed by atoms with Crippen LogP contribution in [0.3, 0.4) is 0 Å². The summed E-state index contributed by atoms with van der Waals surface area (Å²) in [6, 6.07) is 16.3. The Hall–Kier alpha value is -3.53. The highest BCUT2D eigenvalue weighted by atomic mass is 35.5. The van der Waals surface area contributed by atoms with Gasteiger partial charge in [-0.25, -0.2) is 18.0 Å². The van der Waals surface area contributed by atoms with E-state index in [2.05, 4.69) is 9.98 Å². The van der Waals surface area contributed by atoms with Gasteiger partial charge < -0.3 is 5.11 Å². The third-order valence-electron chi connectivity index (χ3n) is 6.18. The van der Waals surface area contributed by atoms with Crippen molar-refractivity contribution < 1.29 is 13.5 Å². The minimum absolute atomic E-state index is 0.217. The van der Waals surface area contributed by atoms with Crippen molar-refractivity contribution in [2.45, 2.75) is 24.2 Å². The second kappa shape index (κ2) is 9.85. The van der Waals surface area contributed by atoms with Crippen LogP contribution in [0.5, 0.6) is 5.88 Å². The van der Waals surface area contributed by atoms with Gasteiger partial charge in [-0.15, -0.1) is 0 Å². The molecule has 1 aliphatic rings. The van der Waals surface area contributed by atoms with Gasteiger partial charge in [-0.1, -0.05) is 36.2 Å². The Kier molecular flexibility index (Phi) is 6.61. The molecule has 1 saturated heterocycles. The van der Waals surface area contributed by atoms with E-state index in [1.165, 1.54) is 28.8 Å². The lowest BCUT2D eigenvalue weighted by molar-refractivity contribution is 0.346. The van der Waals surface area contributed by atoms with Gasteiger partial charge in [-0.3, -0.25) is 9.79 Å². The number of aliphatic imine (C=N–C) groups is 1. The third-order valence-corrected chi connectivity index (χ3v) is 8.31. The Balaban J connectivity index is 1.53. The van der Waals surface area contributed by atoms with Crippen molar-refractivity contribution >= 4 is 44.3 Å². The first-order valence-electron chi connectivity index (χ1n) is 11.5. The maximum absolute atomic E-state index is 13.1. The zero-order valence-electron chi connectivity index (χ0n) is 19.2. The molecule has 10 heteroatoms. The third kappa shape index (κ3) is 4.53. The molecule has 36 heavy (non-hydrogen) atoms. The lowest BCUT2D eigenvalue weighted by Crippen LogP contribution is -2.35. The van der Waals surface area contributed by atoms with Crippen molar-refractivity contribution in [2.75, 3.05) is 13.1 Å². The first-order valence-corrected chi connectivity index (χ1v) is 13.3. The lowest BCUT2D eigenvalue weighted by atomic mass is 10.1. The monoisotopic (exact) mass is 522 g/mol. The molecule has 0 atom stereocenters. The molecule has 0 saturated carbocycles. The number of hydrogen-bond donors (Lipinski definition) is 1. The smallest absolute Gasteiger partial charge is 0.267 e. The van der Waals surface area contributed by atoms with Crippen LogP contribution in [0.1, 0.15) is 24.8 Å². The minimum Gasteiger partial charge on any atom is -0.494 e. The second-order valence-corrected chi connectivity index (χ2v) is 10.8. The predicted octanol–water partition coefficient (Wildman–Crippen LogP) is 4.67. The number of sulfonamides is 1. The maximum Gasteiger partial charge on any atom is 0.267 e. The van der Waals surface area contributed by atoms with Crippen molar-refractivity contribution in [3.8, 4) is 11.7 Å². The van der Waals surface area contributed by atoms with E-state index in [9.17, 15) is 18.3 Å². The summed E-state index contributed by atoms with van der Waals surface area (Å²) in [5.74, 6) is -0.101. The molecular formula is C26H23ClN4O4S. The highest BCUT2D eigenvalue weighted by molar-refractivity contribution is 7.89. The standard InChI is InChI=1S/C26H23ClN4O4S/c27-18-8-13-24(29-16-18)31-25(32)22-7-3-2-6-21(22)23(26(31)33)17-28-19-9-11-20(12-10-19)36(34,35)30-14-4-1-5-15-30/h2-3,6-13,16-17,33H,1,4-5,14-15H2. The van der Waals surface area contributed by atoms with Crippen LogP contribution >= 0.6 is 11.6 Å². The van der Waals surface area contributed by atoms with Gasteiger partial charge in [-0.2, -0.15) is 4.31 Å². The van der Waals surface area contributed by atoms with Crippen LogP contribution < -0.4 is 5.56 Å². The fourth-order valence-electron chi connectivity index (χ4n) is 4.30. The summed E-state index contributed by atoms with van der Waals surface area (Å²) in [4.78, 5) is 22.0. The van der Waals surface area contributed by atoms with Gasteiger partial charge in [0, 0.05) is 36.3 Å². The number of pyridine rings is 2. The minimum atomic E-state index is -3.54. The van der Waals surface area contributed by atoms with Crippen molar-refractivity contribution in [3.63, 3.8) is 0 Å². The van der Waals surface area contributed by atoms with Crippen LogP contribution in [0.15, 0.2) is 81.5 Å². The Labute approximate surface area is 213 Å². The van der Waals surface area contributed by atoms with Crippen LogP contribution in [-0.2, 0) is 10.0 Å². The molecule has 1 aliphatic heterocycles. The Morgan fingerprint density at radius 3 is 2.31 bits per heavy atom. The van der Waals surface area contributed by atoms with Gasteiger partial charge in [0.2, 0.25) is 15.9 Å². The topological polar surface area (TPSA) is 105 Å². The largest absolute Gasteiger partial charge is 0.494 e. The number of aromatic hydroxyl groups is 1. The molecule has 0 aliphatic carbocycles. The van der Waals surface area contributed by atoms with Crippen LogP contribution in [0.25, 0.3) is 16.6 Å². The first kappa shape index (κ1) is 24.2. The molecule has 2 aromatic carbocycles. The molecule has 0 radical (unpaired) electrons. The molecular weight excluding hydrogens is 500 g/mol. The summed E-state index contributed by atoms with van der Waals surface area (Å²) in [5, 5.41) is 12.4. The summed E-state index contributed by atoms with van der Waals surface area (Å²) < 4.78 is 28.4. The molecule has 2 aromatic heterocycles. The van der Waals surface area contributed by atoms with E-state index in [1.54, 1.807) is 48.5 Å². The number of aromatic nitrogens is 2. The zero-order chi connectivity index (χ0) is 25.3. The maximum atomic E-state index is 13.1. The number of rotatable bonds is 5. The van der Waals surface area contributed by atoms with Gasteiger partial charge in [0.15, 0.2) is 0 Å². The predicted molar refractivity (Wildman–Crippen MR) is 140 cm³/mol. The quantitative estimate of drug-likeness (QED) is 0.383. The van der Waals surface area contributed by atoms with E-state index in [1.807, 2.05) is 0 Å². The number of nitrogens with zero attached hydrogens (tertiary/aromatic N) is 4. The summed E-state index contributed by atoms with van der Waals surface area (Å²) in [5.41, 5.74) is 0.396. The summed E-state index contributed by atoms with van der Waals surface area (Å²) in [7, 11) is -3.54. The molecule has 0 bridgehead atoms.